The predicted octanol–water partition coefficient (Wildman–Crippen LogP) is 1.69. The van der Waals surface area contributed by atoms with Gasteiger partial charge in [-0.05, 0) is 6.92 Å². The number of nitrogens with one attached hydrogen (secondary N) is 1. The Balaban J connectivity index is 1.72. The fourth-order valence-electron chi connectivity index (χ4n) is 1.57. The maximum atomic E-state index is 4.31. The van der Waals surface area contributed by atoms with Gasteiger partial charge < -0.3 is 9.88 Å². The van der Waals surface area contributed by atoms with Gasteiger partial charge in [-0.15, -0.1) is 11.3 Å². The summed E-state index contributed by atoms with van der Waals surface area (Å²) in [6.45, 7) is 4.87. The molecule has 0 fully saturated rings. The van der Waals surface area contributed by atoms with Crippen molar-refractivity contribution in [2.24, 2.45) is 0 Å². The molecule has 0 aromatic carbocycles. The topological polar surface area (TPSA) is 42.7 Å². The van der Waals surface area contributed by atoms with Crippen LogP contribution >= 0.6 is 11.3 Å². The summed E-state index contributed by atoms with van der Waals surface area (Å²) in [5, 5.41) is 5.47. The van der Waals surface area contributed by atoms with Crippen LogP contribution in [0, 0.1) is 0 Å². The molecule has 0 amide bonds. The van der Waals surface area contributed by atoms with Crippen LogP contribution < -0.4 is 5.32 Å². The molecular formula is C11H16N4S. The maximum absolute atomic E-state index is 4.31. The molecule has 86 valence electrons. The number of hydrogen-bond donors (Lipinski definition) is 1. The Labute approximate surface area is 99.4 Å². The van der Waals surface area contributed by atoms with Gasteiger partial charge in [0.2, 0.25) is 0 Å². The molecule has 0 saturated heterocycles. The Bertz CT molecular complexity index is 407. The fourth-order valence-corrected chi connectivity index (χ4v) is 2.17. The highest BCUT2D eigenvalue weighted by Crippen LogP contribution is 2.01. The lowest BCUT2D eigenvalue weighted by Crippen LogP contribution is -2.19. The van der Waals surface area contributed by atoms with Gasteiger partial charge in [-0.3, -0.25) is 0 Å². The summed E-state index contributed by atoms with van der Waals surface area (Å²) < 4.78 is 2.15. The summed E-state index contributed by atoms with van der Waals surface area (Å²) >= 11 is 1.65. The highest BCUT2D eigenvalue weighted by Gasteiger charge is 2.00. The van der Waals surface area contributed by atoms with Crippen LogP contribution in [0.15, 0.2) is 23.3 Å². The van der Waals surface area contributed by atoms with E-state index in [1.807, 2.05) is 17.9 Å². The molecule has 0 unspecified atom stereocenters. The average Bonchev–Trinajstić information content (AvgIpc) is 2.95. The first-order chi connectivity index (χ1) is 7.90. The van der Waals surface area contributed by atoms with Crippen molar-refractivity contribution in [3.63, 3.8) is 0 Å². The molecule has 0 aliphatic heterocycles. The molecule has 2 heterocycles. The summed E-state index contributed by atoms with van der Waals surface area (Å²) in [5.74, 6) is 1.10. The monoisotopic (exact) mass is 236 g/mol. The fraction of sp³-hybridized carbons (Fsp3) is 0.455. The number of thiazole rings is 1. The van der Waals surface area contributed by atoms with Crippen molar-refractivity contribution in [2.45, 2.75) is 26.4 Å². The summed E-state index contributed by atoms with van der Waals surface area (Å²) in [5.41, 5.74) is 3.04. The van der Waals surface area contributed by atoms with Crippen LogP contribution in [0.3, 0.4) is 0 Å². The number of nitrogens with zero attached hydrogens (tertiary/aromatic N) is 3. The number of rotatable bonds is 6. The molecule has 2 aromatic rings. The highest BCUT2D eigenvalue weighted by atomic mass is 32.1. The lowest BCUT2D eigenvalue weighted by molar-refractivity contribution is 0.611. The third-order valence-electron chi connectivity index (χ3n) is 2.47. The molecular weight excluding hydrogens is 220 g/mol. The van der Waals surface area contributed by atoms with Gasteiger partial charge in [0.05, 0.1) is 17.7 Å². The van der Waals surface area contributed by atoms with E-state index in [-0.39, 0.29) is 0 Å². The first kappa shape index (κ1) is 11.3. The zero-order valence-electron chi connectivity index (χ0n) is 9.39. The minimum atomic E-state index is 0.824. The third kappa shape index (κ3) is 2.90. The largest absolute Gasteiger partial charge is 0.334 e. The molecule has 0 aliphatic rings. The molecule has 0 radical (unpaired) electrons. The molecule has 2 aromatic heterocycles. The minimum absolute atomic E-state index is 0.824. The van der Waals surface area contributed by atoms with Crippen molar-refractivity contribution in [1.29, 1.82) is 0 Å². The van der Waals surface area contributed by atoms with E-state index < -0.39 is 0 Å². The van der Waals surface area contributed by atoms with E-state index in [1.165, 1.54) is 0 Å². The predicted molar refractivity (Wildman–Crippen MR) is 65.4 cm³/mol. The van der Waals surface area contributed by atoms with Gasteiger partial charge in [0.25, 0.3) is 0 Å². The lowest BCUT2D eigenvalue weighted by atomic mass is 10.3. The van der Waals surface area contributed by atoms with Crippen LogP contribution in [-0.2, 0) is 19.5 Å². The van der Waals surface area contributed by atoms with Crippen LogP contribution in [0.2, 0.25) is 0 Å². The van der Waals surface area contributed by atoms with E-state index in [9.17, 15) is 0 Å². The molecule has 0 bridgehead atoms. The van der Waals surface area contributed by atoms with Gasteiger partial charge in [0.1, 0.15) is 5.82 Å². The minimum Gasteiger partial charge on any atom is -0.334 e. The van der Waals surface area contributed by atoms with Crippen LogP contribution in [-0.4, -0.2) is 21.1 Å². The molecule has 5 heteroatoms. The summed E-state index contributed by atoms with van der Waals surface area (Å²) in [7, 11) is 0. The molecule has 4 nitrogen and oxygen atoms in total. The van der Waals surface area contributed by atoms with Crippen molar-refractivity contribution in [3.05, 3.63) is 34.8 Å². The van der Waals surface area contributed by atoms with Crippen LogP contribution in [0.4, 0.5) is 0 Å². The Morgan fingerprint density at radius 1 is 1.44 bits per heavy atom. The van der Waals surface area contributed by atoms with E-state index in [1.54, 1.807) is 11.3 Å². The standard InChI is InChI=1S/C11H16N4S/c1-2-15-6-5-13-11(15)7-12-4-3-10-8-16-9-14-10/h5-6,8-9,12H,2-4,7H2,1H3. The number of aryl methyl sites for hydroxylation is 1. The Kier molecular flexibility index (Phi) is 4.07. The molecule has 0 aliphatic carbocycles. The summed E-state index contributed by atoms with van der Waals surface area (Å²) in [4.78, 5) is 8.55. The second kappa shape index (κ2) is 5.77. The van der Waals surface area contributed by atoms with Gasteiger partial charge in [-0.1, -0.05) is 0 Å². The number of hydrogen-bond acceptors (Lipinski definition) is 4. The Morgan fingerprint density at radius 3 is 3.12 bits per heavy atom. The van der Waals surface area contributed by atoms with Gasteiger partial charge in [0.15, 0.2) is 0 Å². The molecule has 0 spiro atoms. The van der Waals surface area contributed by atoms with Gasteiger partial charge in [-0.25, -0.2) is 9.97 Å². The van der Waals surface area contributed by atoms with E-state index in [2.05, 4.69) is 32.2 Å². The lowest BCUT2D eigenvalue weighted by Gasteiger charge is -2.05. The molecule has 0 saturated carbocycles. The normalized spacial score (nSPS) is 10.8. The van der Waals surface area contributed by atoms with Crippen LogP contribution in [0.25, 0.3) is 0 Å². The van der Waals surface area contributed by atoms with Crippen molar-refractivity contribution in [1.82, 2.24) is 19.9 Å². The van der Waals surface area contributed by atoms with Gasteiger partial charge in [0, 0.05) is 37.3 Å². The van der Waals surface area contributed by atoms with E-state index in [0.717, 1.165) is 37.6 Å². The second-order valence-corrected chi connectivity index (χ2v) is 4.25. The zero-order valence-corrected chi connectivity index (χ0v) is 10.2. The molecule has 0 atom stereocenters. The second-order valence-electron chi connectivity index (χ2n) is 3.54. The van der Waals surface area contributed by atoms with E-state index in [4.69, 9.17) is 0 Å². The van der Waals surface area contributed by atoms with Crippen molar-refractivity contribution in [3.8, 4) is 0 Å². The highest BCUT2D eigenvalue weighted by molar-refractivity contribution is 7.07. The molecule has 2 rings (SSSR count). The van der Waals surface area contributed by atoms with Crippen LogP contribution in [0.5, 0.6) is 0 Å². The van der Waals surface area contributed by atoms with Gasteiger partial charge >= 0.3 is 0 Å². The van der Waals surface area contributed by atoms with Crippen molar-refractivity contribution >= 4 is 11.3 Å². The zero-order chi connectivity index (χ0) is 11.2. The number of aromatic nitrogens is 3. The smallest absolute Gasteiger partial charge is 0.122 e. The summed E-state index contributed by atoms with van der Waals surface area (Å²) in [6.07, 6.45) is 4.84. The van der Waals surface area contributed by atoms with E-state index in [0.29, 0.717) is 0 Å². The average molecular weight is 236 g/mol. The first-order valence-electron chi connectivity index (χ1n) is 5.48. The SMILES string of the molecule is CCn1ccnc1CNCCc1cscn1. The Morgan fingerprint density at radius 2 is 2.38 bits per heavy atom. The first-order valence-corrected chi connectivity index (χ1v) is 6.42. The summed E-state index contributed by atoms with van der Waals surface area (Å²) in [6, 6.07) is 0. The van der Waals surface area contributed by atoms with Crippen LogP contribution in [0.1, 0.15) is 18.4 Å². The molecule has 1 N–H and O–H groups in total. The quantitative estimate of drug-likeness (QED) is 0.776. The number of imidazole rings is 1. The third-order valence-corrected chi connectivity index (χ3v) is 3.10. The Hall–Kier alpha value is -1.20. The van der Waals surface area contributed by atoms with Crippen molar-refractivity contribution in [2.75, 3.05) is 6.54 Å². The van der Waals surface area contributed by atoms with Gasteiger partial charge in [-0.2, -0.15) is 0 Å². The molecule has 16 heavy (non-hydrogen) atoms. The van der Waals surface area contributed by atoms with E-state index >= 15 is 0 Å². The van der Waals surface area contributed by atoms with Crippen molar-refractivity contribution < 1.29 is 0 Å². The maximum Gasteiger partial charge on any atom is 0.122 e.